The van der Waals surface area contributed by atoms with Crippen LogP contribution in [-0.4, -0.2) is 36.2 Å². The molecule has 1 aliphatic heterocycles. The average Bonchev–Trinajstić information content (AvgIpc) is 1.80. The van der Waals surface area contributed by atoms with E-state index in [4.69, 9.17) is 0 Å². The molecule has 1 heterocycles. The van der Waals surface area contributed by atoms with Crippen molar-refractivity contribution in [2.24, 2.45) is 0 Å². The highest BCUT2D eigenvalue weighted by Gasteiger charge is 2.44. The minimum absolute atomic E-state index is 0.0845. The van der Waals surface area contributed by atoms with Crippen LogP contribution in [0.4, 0.5) is 8.78 Å². The average molecular weight is 149 g/mol. The number of likely N-dealkylation sites (tertiary alicyclic amines) is 1. The highest BCUT2D eigenvalue weighted by molar-refractivity contribution is 5.74. The summed E-state index contributed by atoms with van der Waals surface area (Å²) in [6.07, 6.45) is 0. The van der Waals surface area contributed by atoms with Gasteiger partial charge in [-0.05, 0) is 0 Å². The van der Waals surface area contributed by atoms with Gasteiger partial charge in [0.15, 0.2) is 5.67 Å². The van der Waals surface area contributed by atoms with Gasteiger partial charge in [-0.2, -0.15) is 0 Å². The molecule has 2 nitrogen and oxygen atoms in total. The Morgan fingerprint density at radius 2 is 2.20 bits per heavy atom. The highest BCUT2D eigenvalue weighted by Crippen LogP contribution is 2.25. The van der Waals surface area contributed by atoms with Crippen LogP contribution in [0.3, 0.4) is 0 Å². The van der Waals surface area contributed by atoms with Gasteiger partial charge in [-0.25, -0.2) is 8.78 Å². The molecule has 0 saturated carbocycles. The molecule has 4 heteroatoms. The first-order chi connectivity index (χ1) is 4.57. The van der Waals surface area contributed by atoms with Crippen LogP contribution in [0, 0.1) is 0 Å². The van der Waals surface area contributed by atoms with Crippen molar-refractivity contribution in [1.29, 1.82) is 0 Å². The largest absolute Gasteiger partial charge is 0.336 e. The summed E-state index contributed by atoms with van der Waals surface area (Å²) >= 11 is 0. The second-order valence-electron chi connectivity index (χ2n) is 2.66. The fourth-order valence-electron chi connectivity index (χ4n) is 0.945. The van der Waals surface area contributed by atoms with Crippen molar-refractivity contribution in [2.45, 2.75) is 12.6 Å². The van der Waals surface area contributed by atoms with E-state index in [1.54, 1.807) is 0 Å². The number of nitrogens with zero attached hydrogens (tertiary/aromatic N) is 1. The molecular weight excluding hydrogens is 140 g/mol. The Hall–Kier alpha value is -0.670. The van der Waals surface area contributed by atoms with Crippen LogP contribution < -0.4 is 0 Å². The SMILES string of the molecule is CC(=O)N1CC(F)(CF)C1. The molecule has 0 spiro atoms. The fraction of sp³-hybridized carbons (Fsp3) is 0.833. The first-order valence-electron chi connectivity index (χ1n) is 3.08. The van der Waals surface area contributed by atoms with Crippen LogP contribution in [0.5, 0.6) is 0 Å². The van der Waals surface area contributed by atoms with Crippen LogP contribution in [0.25, 0.3) is 0 Å². The van der Waals surface area contributed by atoms with Gasteiger partial charge in [0.1, 0.15) is 6.67 Å². The van der Waals surface area contributed by atoms with E-state index in [9.17, 15) is 13.6 Å². The van der Waals surface area contributed by atoms with E-state index in [2.05, 4.69) is 0 Å². The van der Waals surface area contributed by atoms with E-state index in [1.807, 2.05) is 0 Å². The van der Waals surface area contributed by atoms with Crippen molar-refractivity contribution in [3.8, 4) is 0 Å². The van der Waals surface area contributed by atoms with E-state index in [0.29, 0.717) is 0 Å². The molecule has 58 valence electrons. The summed E-state index contributed by atoms with van der Waals surface area (Å²) in [5.74, 6) is -0.193. The number of halogens is 2. The molecule has 0 bridgehead atoms. The molecule has 0 aromatic carbocycles. The molecule has 0 aromatic heterocycles. The van der Waals surface area contributed by atoms with Gasteiger partial charge in [-0.3, -0.25) is 4.79 Å². The first kappa shape index (κ1) is 7.44. The summed E-state index contributed by atoms with van der Waals surface area (Å²) in [6, 6.07) is 0. The Labute approximate surface area is 57.8 Å². The minimum atomic E-state index is -1.74. The third-order valence-electron chi connectivity index (χ3n) is 1.63. The Morgan fingerprint density at radius 1 is 1.70 bits per heavy atom. The summed E-state index contributed by atoms with van der Waals surface area (Å²) in [5, 5.41) is 0. The van der Waals surface area contributed by atoms with Gasteiger partial charge in [0, 0.05) is 6.92 Å². The number of carbonyl (C=O) groups excluding carboxylic acids is 1. The Kier molecular flexibility index (Phi) is 1.62. The number of amides is 1. The molecule has 0 radical (unpaired) electrons. The molecule has 0 atom stereocenters. The fourth-order valence-corrected chi connectivity index (χ4v) is 0.945. The third-order valence-corrected chi connectivity index (χ3v) is 1.63. The van der Waals surface area contributed by atoms with Crippen LogP contribution in [0.2, 0.25) is 0 Å². The van der Waals surface area contributed by atoms with Crippen LogP contribution >= 0.6 is 0 Å². The second-order valence-corrected chi connectivity index (χ2v) is 2.66. The zero-order valence-corrected chi connectivity index (χ0v) is 5.73. The quantitative estimate of drug-likeness (QED) is 0.532. The van der Waals surface area contributed by atoms with E-state index < -0.39 is 12.3 Å². The molecule has 0 unspecified atom stereocenters. The van der Waals surface area contributed by atoms with Crippen molar-refractivity contribution < 1.29 is 13.6 Å². The predicted molar refractivity (Wildman–Crippen MR) is 32.1 cm³/mol. The molecule has 0 aliphatic carbocycles. The van der Waals surface area contributed by atoms with E-state index >= 15 is 0 Å². The summed E-state index contributed by atoms with van der Waals surface area (Å²) in [5.41, 5.74) is -1.74. The van der Waals surface area contributed by atoms with Crippen LogP contribution in [-0.2, 0) is 4.79 Å². The number of hydrogen-bond donors (Lipinski definition) is 0. The van der Waals surface area contributed by atoms with E-state index in [-0.39, 0.29) is 19.0 Å². The zero-order valence-electron chi connectivity index (χ0n) is 5.73. The number of carbonyl (C=O) groups is 1. The van der Waals surface area contributed by atoms with Crippen molar-refractivity contribution in [3.63, 3.8) is 0 Å². The van der Waals surface area contributed by atoms with Gasteiger partial charge in [0.25, 0.3) is 0 Å². The van der Waals surface area contributed by atoms with Gasteiger partial charge < -0.3 is 4.90 Å². The van der Waals surface area contributed by atoms with Gasteiger partial charge in [-0.1, -0.05) is 0 Å². The molecule has 1 aliphatic rings. The summed E-state index contributed by atoms with van der Waals surface area (Å²) in [6.45, 7) is 0.187. The van der Waals surface area contributed by atoms with Crippen molar-refractivity contribution in [2.75, 3.05) is 19.8 Å². The highest BCUT2D eigenvalue weighted by atomic mass is 19.2. The molecule has 0 N–H and O–H groups in total. The zero-order chi connectivity index (χ0) is 7.78. The minimum Gasteiger partial charge on any atom is -0.336 e. The molecule has 1 saturated heterocycles. The first-order valence-corrected chi connectivity index (χ1v) is 3.08. The number of rotatable bonds is 1. The number of hydrogen-bond acceptors (Lipinski definition) is 1. The Balaban J connectivity index is 2.36. The van der Waals surface area contributed by atoms with Gasteiger partial charge in [-0.15, -0.1) is 0 Å². The van der Waals surface area contributed by atoms with Crippen LogP contribution in [0.15, 0.2) is 0 Å². The monoisotopic (exact) mass is 149 g/mol. The van der Waals surface area contributed by atoms with Crippen LogP contribution in [0.1, 0.15) is 6.92 Å². The summed E-state index contributed by atoms with van der Waals surface area (Å²) in [4.78, 5) is 11.7. The lowest BCUT2D eigenvalue weighted by Crippen LogP contribution is -2.61. The topological polar surface area (TPSA) is 20.3 Å². The smallest absolute Gasteiger partial charge is 0.219 e. The Bertz CT molecular complexity index is 154. The molecule has 1 rings (SSSR count). The molecule has 1 fully saturated rings. The lowest BCUT2D eigenvalue weighted by atomic mass is 9.98. The molecule has 1 amide bonds. The van der Waals surface area contributed by atoms with Gasteiger partial charge in [0.2, 0.25) is 5.91 Å². The van der Waals surface area contributed by atoms with Gasteiger partial charge >= 0.3 is 0 Å². The third kappa shape index (κ3) is 1.10. The van der Waals surface area contributed by atoms with Crippen molar-refractivity contribution >= 4 is 5.91 Å². The maximum Gasteiger partial charge on any atom is 0.219 e. The van der Waals surface area contributed by atoms with E-state index in [0.717, 1.165) is 0 Å². The Morgan fingerprint density at radius 3 is 2.50 bits per heavy atom. The lowest BCUT2D eigenvalue weighted by molar-refractivity contribution is -0.144. The maximum atomic E-state index is 12.7. The van der Waals surface area contributed by atoms with E-state index in [1.165, 1.54) is 11.8 Å². The van der Waals surface area contributed by atoms with Gasteiger partial charge in [0.05, 0.1) is 13.1 Å². The molecule has 10 heavy (non-hydrogen) atoms. The predicted octanol–water partition coefficient (Wildman–Crippen LogP) is 0.526. The second kappa shape index (κ2) is 2.18. The summed E-state index contributed by atoms with van der Waals surface area (Å²) < 4.78 is 24.4. The lowest BCUT2D eigenvalue weighted by Gasteiger charge is -2.42. The standard InChI is InChI=1S/C6H9F2NO/c1-5(10)9-3-6(8,2-7)4-9/h2-4H2,1H3. The summed E-state index contributed by atoms with van der Waals surface area (Å²) in [7, 11) is 0. The maximum absolute atomic E-state index is 12.7. The van der Waals surface area contributed by atoms with Crippen molar-refractivity contribution in [1.82, 2.24) is 4.90 Å². The van der Waals surface area contributed by atoms with Crippen molar-refractivity contribution in [3.05, 3.63) is 0 Å². The normalized spacial score (nSPS) is 22.1. The number of alkyl halides is 2. The molecule has 0 aromatic rings. The molecular formula is C6H9F2NO.